The molecule has 4 heterocycles. The van der Waals surface area contributed by atoms with Gasteiger partial charge in [-0.1, -0.05) is 48.0 Å². The number of hydrogen-bond donors (Lipinski definition) is 3. The van der Waals surface area contributed by atoms with E-state index >= 15 is 0 Å². The summed E-state index contributed by atoms with van der Waals surface area (Å²) in [6.07, 6.45) is 21.0. The van der Waals surface area contributed by atoms with Crippen LogP contribution in [-0.2, 0) is 32.6 Å². The summed E-state index contributed by atoms with van der Waals surface area (Å²) >= 11 is 6.99. The summed E-state index contributed by atoms with van der Waals surface area (Å²) in [5.41, 5.74) is 12.0. The first-order chi connectivity index (χ1) is 28.9. The summed E-state index contributed by atoms with van der Waals surface area (Å²) in [4.78, 5) is 45.1. The summed E-state index contributed by atoms with van der Waals surface area (Å²) in [7, 11) is 1.87. The van der Waals surface area contributed by atoms with Gasteiger partial charge in [-0.05, 0) is 101 Å². The molecular formula is C47H58ClN7O5. The highest BCUT2D eigenvalue weighted by Crippen LogP contribution is 2.46. The number of carbonyl (C=O) groups is 3. The maximum atomic E-state index is 13.4. The molecule has 0 saturated carbocycles. The highest BCUT2D eigenvalue weighted by atomic mass is 35.5. The Morgan fingerprint density at radius 3 is 2.62 bits per heavy atom. The van der Waals surface area contributed by atoms with Gasteiger partial charge in [0.2, 0.25) is 5.91 Å². The number of nitrogens with zero attached hydrogens (tertiary/aromatic N) is 5. The zero-order valence-electron chi connectivity index (χ0n) is 35.5. The Morgan fingerprint density at radius 2 is 1.90 bits per heavy atom. The average Bonchev–Trinajstić information content (AvgIpc) is 3.78. The number of anilines is 1. The molecule has 1 aliphatic carbocycles. The number of carboxylic acid groups (broad SMARTS) is 1. The van der Waals surface area contributed by atoms with E-state index in [-0.39, 0.29) is 17.9 Å². The van der Waals surface area contributed by atoms with Gasteiger partial charge in [-0.15, -0.1) is 5.73 Å². The molecule has 4 aliphatic rings. The lowest BCUT2D eigenvalue weighted by atomic mass is 9.88. The van der Waals surface area contributed by atoms with Crippen molar-refractivity contribution >= 4 is 34.9 Å². The number of ketones is 1. The van der Waals surface area contributed by atoms with Crippen molar-refractivity contribution < 1.29 is 24.2 Å². The Bertz CT molecular complexity index is 2210. The van der Waals surface area contributed by atoms with Gasteiger partial charge in [0.1, 0.15) is 5.70 Å². The van der Waals surface area contributed by atoms with E-state index in [1.54, 1.807) is 11.6 Å². The molecule has 1 aromatic heterocycles. The van der Waals surface area contributed by atoms with Gasteiger partial charge in [0.15, 0.2) is 5.78 Å². The lowest BCUT2D eigenvalue weighted by Crippen LogP contribution is -2.51. The molecule has 13 heteroatoms. The minimum absolute atomic E-state index is 0.00221. The van der Waals surface area contributed by atoms with Crippen LogP contribution in [0.4, 0.5) is 5.69 Å². The van der Waals surface area contributed by atoms with E-state index < -0.39 is 5.97 Å². The number of aliphatic carboxylic acids is 1. The van der Waals surface area contributed by atoms with E-state index in [0.717, 1.165) is 57.0 Å². The van der Waals surface area contributed by atoms with Gasteiger partial charge in [0.25, 0.3) is 0 Å². The number of amides is 1. The van der Waals surface area contributed by atoms with Crippen LogP contribution in [0.5, 0.6) is 0 Å². The zero-order valence-corrected chi connectivity index (χ0v) is 36.3. The molecule has 3 N–H and O–H groups in total. The molecule has 2 fully saturated rings. The number of allylic oxidation sites excluding steroid dienone is 9. The number of piperazine rings is 1. The van der Waals surface area contributed by atoms with Gasteiger partial charge in [-0.25, -0.2) is 4.79 Å². The molecular weight excluding hydrogens is 778 g/mol. The highest BCUT2D eigenvalue weighted by Gasteiger charge is 2.34. The summed E-state index contributed by atoms with van der Waals surface area (Å²) in [5, 5.41) is 22.9. The molecule has 0 radical (unpaired) electrons. The first-order valence-electron chi connectivity index (χ1n) is 20.9. The molecule has 6 rings (SSSR count). The average molecular weight is 836 g/mol. The van der Waals surface area contributed by atoms with Crippen molar-refractivity contribution in [2.24, 2.45) is 7.05 Å². The molecule has 0 spiro atoms. The lowest BCUT2D eigenvalue weighted by Gasteiger charge is -2.39. The summed E-state index contributed by atoms with van der Waals surface area (Å²) in [6, 6.07) is 3.93. The van der Waals surface area contributed by atoms with E-state index in [9.17, 15) is 19.5 Å². The predicted molar refractivity (Wildman–Crippen MR) is 237 cm³/mol. The van der Waals surface area contributed by atoms with Crippen LogP contribution in [-0.4, -0.2) is 101 Å². The fourth-order valence-corrected chi connectivity index (χ4v) is 8.45. The number of aromatic nitrogens is 2. The van der Waals surface area contributed by atoms with Crippen molar-refractivity contribution in [1.29, 1.82) is 0 Å². The van der Waals surface area contributed by atoms with Crippen molar-refractivity contribution in [1.82, 2.24) is 30.2 Å². The van der Waals surface area contributed by atoms with Crippen molar-refractivity contribution in [3.8, 4) is 11.1 Å². The summed E-state index contributed by atoms with van der Waals surface area (Å²) in [5.74, 6) is -0.884. The van der Waals surface area contributed by atoms with Gasteiger partial charge in [0, 0.05) is 82.2 Å². The molecule has 0 bridgehead atoms. The lowest BCUT2D eigenvalue weighted by molar-refractivity contribution is -0.134. The standard InChI is InChI=1S/C47H58ClN7O5/c1-6-7-17-40-44(32(2)34(4)56)50-41(49-40)20-21-42(57)54-25-22-53(23-26-54)24-27-55-45-37(18-19-39(48)43(45)38-30-52(5)51-33(38)3)29-36(46(55)47(58)59)16-13-28-60-31-35-14-11-9-8-10-12-15-35/h6-9,11-12,15,17-19,30,41,49-50H,13-14,16,20-29,31H2,1-5H3,(H,58,59)/b7-6-,11-9-,35-15+,40-17+,44-32-. The predicted octanol–water partition coefficient (Wildman–Crippen LogP) is 6.91. The van der Waals surface area contributed by atoms with Gasteiger partial charge in [-0.3, -0.25) is 19.2 Å². The van der Waals surface area contributed by atoms with Crippen LogP contribution in [0.2, 0.25) is 5.02 Å². The van der Waals surface area contributed by atoms with Crippen LogP contribution < -0.4 is 15.5 Å². The normalized spacial score (nSPS) is 21.1. The van der Waals surface area contributed by atoms with Crippen molar-refractivity contribution in [2.45, 2.75) is 72.4 Å². The third kappa shape index (κ3) is 10.9. The molecule has 3 aliphatic heterocycles. The summed E-state index contributed by atoms with van der Waals surface area (Å²) < 4.78 is 7.82. The smallest absolute Gasteiger partial charge is 0.352 e. The molecule has 2 aromatic rings. The monoisotopic (exact) mass is 835 g/mol. The van der Waals surface area contributed by atoms with Crippen LogP contribution in [0.1, 0.15) is 64.1 Å². The van der Waals surface area contributed by atoms with Gasteiger partial charge >= 0.3 is 5.97 Å². The third-order valence-corrected chi connectivity index (χ3v) is 11.8. The van der Waals surface area contributed by atoms with Gasteiger partial charge in [0.05, 0.1) is 40.6 Å². The number of halogens is 1. The minimum Gasteiger partial charge on any atom is -0.477 e. The molecule has 318 valence electrons. The van der Waals surface area contributed by atoms with Crippen molar-refractivity contribution in [3.63, 3.8) is 0 Å². The van der Waals surface area contributed by atoms with E-state index in [1.165, 1.54) is 0 Å². The molecule has 12 nitrogen and oxygen atoms in total. The number of aryl methyl sites for hydroxylation is 2. The maximum absolute atomic E-state index is 13.4. The van der Waals surface area contributed by atoms with Crippen LogP contribution >= 0.6 is 11.6 Å². The van der Waals surface area contributed by atoms with E-state index in [0.29, 0.717) is 101 Å². The fourth-order valence-electron chi connectivity index (χ4n) is 8.20. The van der Waals surface area contributed by atoms with Gasteiger partial charge in [-0.2, -0.15) is 5.10 Å². The Balaban J connectivity index is 1.13. The Kier molecular flexibility index (Phi) is 15.3. The Labute approximate surface area is 358 Å². The zero-order chi connectivity index (χ0) is 42.8. The van der Waals surface area contributed by atoms with Crippen LogP contribution in [0.15, 0.2) is 106 Å². The van der Waals surface area contributed by atoms with Crippen LogP contribution in [0, 0.1) is 6.92 Å². The maximum Gasteiger partial charge on any atom is 0.352 e. The van der Waals surface area contributed by atoms with E-state index in [2.05, 4.69) is 32.4 Å². The highest BCUT2D eigenvalue weighted by molar-refractivity contribution is 6.34. The number of fused-ring (bicyclic) bond motifs is 1. The number of Topliss-reactive ketones (excluding diaryl/α,β-unsaturated/α-hetero) is 1. The van der Waals surface area contributed by atoms with Crippen LogP contribution in [0.25, 0.3) is 11.1 Å². The largest absolute Gasteiger partial charge is 0.477 e. The fraction of sp³-hybridized carbons (Fsp3) is 0.426. The molecule has 1 aromatic carbocycles. The quantitative estimate of drug-likeness (QED) is 0.0932. The number of ether oxygens (including phenoxy) is 1. The van der Waals surface area contributed by atoms with E-state index in [4.69, 9.17) is 16.3 Å². The number of carbonyl (C=O) groups excluding carboxylic acids is 2. The summed E-state index contributed by atoms with van der Waals surface area (Å²) in [6.45, 7) is 11.8. The Morgan fingerprint density at radius 1 is 1.10 bits per heavy atom. The Hall–Kier alpha value is -5.39. The second-order valence-electron chi connectivity index (χ2n) is 15.7. The number of hydrogen-bond acceptors (Lipinski definition) is 9. The first-order valence-corrected chi connectivity index (χ1v) is 21.3. The molecule has 60 heavy (non-hydrogen) atoms. The molecule has 1 atom stereocenters. The van der Waals surface area contributed by atoms with Crippen molar-refractivity contribution in [2.75, 3.05) is 57.4 Å². The van der Waals surface area contributed by atoms with E-state index in [1.807, 2.05) is 98.5 Å². The van der Waals surface area contributed by atoms with Crippen LogP contribution in [0.3, 0.4) is 0 Å². The molecule has 1 amide bonds. The first kappa shape index (κ1) is 44.2. The molecule has 1 unspecified atom stereocenters. The number of rotatable bonds is 16. The minimum atomic E-state index is -0.970. The third-order valence-electron chi connectivity index (χ3n) is 11.4. The molecule has 2 saturated heterocycles. The van der Waals surface area contributed by atoms with Gasteiger partial charge < -0.3 is 30.3 Å². The second kappa shape index (κ2) is 20.7. The topological polar surface area (TPSA) is 132 Å². The number of carboxylic acids is 1. The second-order valence-corrected chi connectivity index (χ2v) is 16.1. The SMILES string of the molecule is C\C=C/C=C1/NC(CCC(=O)N2CCN(CCN3C(C(=O)O)=C(CCCOC/C4=C/C=C=C/C=C\C4)Cc4ccc(Cl)c(-c5cn(C)nc5C)c43)CC2)N/C1=C(/C)C(C)=O. The number of benzene rings is 1. The number of nitrogens with one attached hydrogen (secondary N) is 2. The van der Waals surface area contributed by atoms with Crippen molar-refractivity contribution in [3.05, 3.63) is 123 Å².